The summed E-state index contributed by atoms with van der Waals surface area (Å²) < 4.78 is 26.2. The molecule has 1 rings (SSSR count). The Morgan fingerprint density at radius 3 is 2.29 bits per heavy atom. The Balaban J connectivity index is 3.04. The van der Waals surface area contributed by atoms with Crippen molar-refractivity contribution in [3.05, 3.63) is 35.4 Å². The first-order valence-electron chi connectivity index (χ1n) is 5.06. The van der Waals surface area contributed by atoms with E-state index in [4.69, 9.17) is 5.11 Å². The Labute approximate surface area is 97.1 Å². The van der Waals surface area contributed by atoms with Crippen molar-refractivity contribution in [1.82, 2.24) is 0 Å². The van der Waals surface area contributed by atoms with Crippen molar-refractivity contribution in [2.24, 2.45) is 11.8 Å². The van der Waals surface area contributed by atoms with Crippen molar-refractivity contribution in [2.75, 3.05) is 0 Å². The van der Waals surface area contributed by atoms with Crippen molar-refractivity contribution in [3.8, 4) is 0 Å². The monoisotopic (exact) mass is 242 g/mol. The van der Waals surface area contributed by atoms with E-state index < -0.39 is 40.8 Å². The van der Waals surface area contributed by atoms with Crippen LogP contribution in [0.5, 0.6) is 0 Å². The molecule has 0 aromatic heterocycles. The number of halogens is 2. The molecule has 17 heavy (non-hydrogen) atoms. The lowest BCUT2D eigenvalue weighted by atomic mass is 9.88. The van der Waals surface area contributed by atoms with Crippen LogP contribution in [0.2, 0.25) is 0 Å². The first kappa shape index (κ1) is 13.3. The van der Waals surface area contributed by atoms with Crippen LogP contribution in [-0.2, 0) is 4.79 Å². The summed E-state index contributed by atoms with van der Waals surface area (Å²) in [5, 5.41) is 8.75. The number of hydrogen-bond acceptors (Lipinski definition) is 2. The molecule has 1 aromatic rings. The SMILES string of the molecule is CC(C(=O)O)C(C)C(=O)c1cc(F)ccc1F. The first-order valence-corrected chi connectivity index (χ1v) is 5.06. The molecule has 3 nitrogen and oxygen atoms in total. The van der Waals surface area contributed by atoms with E-state index in [9.17, 15) is 18.4 Å². The van der Waals surface area contributed by atoms with Crippen molar-refractivity contribution in [1.29, 1.82) is 0 Å². The van der Waals surface area contributed by atoms with E-state index in [-0.39, 0.29) is 0 Å². The molecule has 0 saturated carbocycles. The van der Waals surface area contributed by atoms with E-state index in [1.165, 1.54) is 13.8 Å². The zero-order valence-corrected chi connectivity index (χ0v) is 9.41. The molecule has 0 heterocycles. The van der Waals surface area contributed by atoms with Crippen LogP contribution >= 0.6 is 0 Å². The summed E-state index contributed by atoms with van der Waals surface area (Å²) in [6.45, 7) is 2.73. The summed E-state index contributed by atoms with van der Waals surface area (Å²) in [5.74, 6) is -5.31. The minimum absolute atomic E-state index is 0.411. The number of rotatable bonds is 4. The molecule has 0 amide bonds. The highest BCUT2D eigenvalue weighted by Gasteiger charge is 2.28. The molecule has 0 aliphatic carbocycles. The molecular weight excluding hydrogens is 230 g/mol. The summed E-state index contributed by atoms with van der Waals surface area (Å²) in [4.78, 5) is 22.5. The Morgan fingerprint density at radius 2 is 1.76 bits per heavy atom. The Kier molecular flexibility index (Phi) is 3.93. The van der Waals surface area contributed by atoms with Crippen LogP contribution in [-0.4, -0.2) is 16.9 Å². The molecule has 1 aromatic carbocycles. The number of carbonyl (C=O) groups excluding carboxylic acids is 1. The molecule has 0 saturated heterocycles. The first-order chi connectivity index (χ1) is 7.84. The maximum Gasteiger partial charge on any atom is 0.306 e. The zero-order valence-electron chi connectivity index (χ0n) is 9.41. The lowest BCUT2D eigenvalue weighted by Crippen LogP contribution is -2.26. The van der Waals surface area contributed by atoms with E-state index in [0.717, 1.165) is 18.2 Å². The smallest absolute Gasteiger partial charge is 0.306 e. The second kappa shape index (κ2) is 5.03. The van der Waals surface area contributed by atoms with Crippen molar-refractivity contribution in [2.45, 2.75) is 13.8 Å². The second-order valence-electron chi connectivity index (χ2n) is 3.90. The van der Waals surface area contributed by atoms with Crippen molar-refractivity contribution in [3.63, 3.8) is 0 Å². The molecule has 1 N–H and O–H groups in total. The third-order valence-electron chi connectivity index (χ3n) is 2.75. The molecule has 2 atom stereocenters. The normalized spacial score (nSPS) is 14.1. The second-order valence-corrected chi connectivity index (χ2v) is 3.90. The van der Waals surface area contributed by atoms with Crippen LogP contribution in [0.1, 0.15) is 24.2 Å². The molecule has 2 unspecified atom stereocenters. The number of carbonyl (C=O) groups is 2. The number of Topliss-reactive ketones (excluding diaryl/α,β-unsaturated/α-hetero) is 1. The minimum atomic E-state index is -1.15. The molecule has 0 fully saturated rings. The Hall–Kier alpha value is -1.78. The molecule has 92 valence electrons. The quantitative estimate of drug-likeness (QED) is 0.825. The van der Waals surface area contributed by atoms with E-state index in [0.29, 0.717) is 0 Å². The van der Waals surface area contributed by atoms with Gasteiger partial charge in [-0.25, -0.2) is 8.78 Å². The average Bonchev–Trinajstić information content (AvgIpc) is 2.29. The largest absolute Gasteiger partial charge is 0.481 e. The van der Waals surface area contributed by atoms with E-state index >= 15 is 0 Å². The predicted molar refractivity (Wildman–Crippen MR) is 56.7 cm³/mol. The molecule has 0 aliphatic heterocycles. The fraction of sp³-hybridized carbons (Fsp3) is 0.333. The van der Waals surface area contributed by atoms with Gasteiger partial charge in [0.2, 0.25) is 0 Å². The molecule has 0 radical (unpaired) electrons. The van der Waals surface area contributed by atoms with E-state index in [2.05, 4.69) is 0 Å². The molecule has 0 spiro atoms. The number of hydrogen-bond donors (Lipinski definition) is 1. The third kappa shape index (κ3) is 2.87. The average molecular weight is 242 g/mol. The molecule has 0 bridgehead atoms. The van der Waals surface area contributed by atoms with Gasteiger partial charge >= 0.3 is 5.97 Å². The lowest BCUT2D eigenvalue weighted by molar-refractivity contribution is -0.142. The van der Waals surface area contributed by atoms with Crippen LogP contribution in [0.4, 0.5) is 8.78 Å². The van der Waals surface area contributed by atoms with Crippen LogP contribution in [0.3, 0.4) is 0 Å². The van der Waals surface area contributed by atoms with Crippen LogP contribution < -0.4 is 0 Å². The highest BCUT2D eigenvalue weighted by Crippen LogP contribution is 2.20. The maximum atomic E-state index is 13.3. The van der Waals surface area contributed by atoms with Gasteiger partial charge in [0.25, 0.3) is 0 Å². The molecular formula is C12H12F2O3. The summed E-state index contributed by atoms with van der Waals surface area (Å²) >= 11 is 0. The summed E-state index contributed by atoms with van der Waals surface area (Å²) in [7, 11) is 0. The zero-order chi connectivity index (χ0) is 13.2. The number of aliphatic carboxylic acids is 1. The highest BCUT2D eigenvalue weighted by atomic mass is 19.1. The van der Waals surface area contributed by atoms with E-state index in [1.807, 2.05) is 0 Å². The van der Waals surface area contributed by atoms with Gasteiger partial charge in [0.05, 0.1) is 11.5 Å². The van der Waals surface area contributed by atoms with Crippen molar-refractivity contribution >= 4 is 11.8 Å². The molecule has 5 heteroatoms. The van der Waals surface area contributed by atoms with Gasteiger partial charge in [-0.15, -0.1) is 0 Å². The Morgan fingerprint density at radius 1 is 1.18 bits per heavy atom. The third-order valence-corrected chi connectivity index (χ3v) is 2.75. The lowest BCUT2D eigenvalue weighted by Gasteiger charge is -2.15. The van der Waals surface area contributed by atoms with Gasteiger partial charge in [-0.3, -0.25) is 9.59 Å². The number of carboxylic acid groups (broad SMARTS) is 1. The number of carboxylic acids is 1. The van der Waals surface area contributed by atoms with E-state index in [1.54, 1.807) is 0 Å². The van der Waals surface area contributed by atoms with Gasteiger partial charge < -0.3 is 5.11 Å². The number of benzene rings is 1. The van der Waals surface area contributed by atoms with Crippen LogP contribution in [0, 0.1) is 23.5 Å². The highest BCUT2D eigenvalue weighted by molar-refractivity contribution is 5.99. The van der Waals surface area contributed by atoms with Gasteiger partial charge in [0.15, 0.2) is 5.78 Å². The minimum Gasteiger partial charge on any atom is -0.481 e. The van der Waals surface area contributed by atoms with Gasteiger partial charge in [0, 0.05) is 5.92 Å². The van der Waals surface area contributed by atoms with Gasteiger partial charge in [-0.2, -0.15) is 0 Å². The predicted octanol–water partition coefficient (Wildman–Crippen LogP) is 2.50. The van der Waals surface area contributed by atoms with Gasteiger partial charge in [-0.05, 0) is 18.2 Å². The topological polar surface area (TPSA) is 54.4 Å². The van der Waals surface area contributed by atoms with Crippen LogP contribution in [0.25, 0.3) is 0 Å². The summed E-state index contributed by atoms with van der Waals surface area (Å²) in [6.07, 6.45) is 0. The number of ketones is 1. The fourth-order valence-corrected chi connectivity index (χ4v) is 1.37. The maximum absolute atomic E-state index is 13.3. The summed E-state index contributed by atoms with van der Waals surface area (Å²) in [6, 6.07) is 2.53. The van der Waals surface area contributed by atoms with Crippen molar-refractivity contribution < 1.29 is 23.5 Å². The standard InChI is InChI=1S/C12H12F2O3/c1-6(7(2)12(16)17)11(15)9-5-8(13)3-4-10(9)14/h3-7H,1-2H3,(H,16,17). The van der Waals surface area contributed by atoms with Gasteiger partial charge in [-0.1, -0.05) is 13.8 Å². The van der Waals surface area contributed by atoms with Crippen LogP contribution in [0.15, 0.2) is 18.2 Å². The Bertz CT molecular complexity index is 457. The summed E-state index contributed by atoms with van der Waals surface area (Å²) in [5.41, 5.74) is -0.411. The fourth-order valence-electron chi connectivity index (χ4n) is 1.37. The van der Waals surface area contributed by atoms with Gasteiger partial charge in [0.1, 0.15) is 11.6 Å². The molecule has 0 aliphatic rings.